The number of ether oxygens (including phenoxy) is 1. The smallest absolute Gasteiger partial charge is 0.387 e. The number of rotatable bonds is 8. The molecule has 166 valence electrons. The zero-order valence-corrected chi connectivity index (χ0v) is 18.6. The van der Waals surface area contributed by atoms with Crippen LogP contribution in [0.2, 0.25) is 0 Å². The molecule has 0 saturated carbocycles. The highest BCUT2D eigenvalue weighted by Crippen LogP contribution is 2.29. The van der Waals surface area contributed by atoms with Crippen molar-refractivity contribution in [3.63, 3.8) is 0 Å². The van der Waals surface area contributed by atoms with Gasteiger partial charge in [0, 0.05) is 5.39 Å². The molecule has 4 aromatic rings. The summed E-state index contributed by atoms with van der Waals surface area (Å²) in [6, 6.07) is 21.9. The van der Waals surface area contributed by atoms with Crippen molar-refractivity contribution in [1.29, 1.82) is 0 Å². The molecule has 3 aromatic carbocycles. The molecule has 0 unspecified atom stereocenters. The lowest BCUT2D eigenvalue weighted by Gasteiger charge is -2.11. The number of para-hydroxylation sites is 1. The van der Waals surface area contributed by atoms with Crippen molar-refractivity contribution in [3.05, 3.63) is 95.3 Å². The molecule has 7 heteroatoms. The minimum absolute atomic E-state index is 0.0197. The Morgan fingerprint density at radius 3 is 2.55 bits per heavy atom. The van der Waals surface area contributed by atoms with Crippen molar-refractivity contribution >= 4 is 40.6 Å². The van der Waals surface area contributed by atoms with Crippen LogP contribution < -0.4 is 4.74 Å². The van der Waals surface area contributed by atoms with Gasteiger partial charge in [0.1, 0.15) is 10.8 Å². The first kappa shape index (κ1) is 22.6. The van der Waals surface area contributed by atoms with Crippen LogP contribution >= 0.6 is 11.8 Å². The summed E-state index contributed by atoms with van der Waals surface area (Å²) < 4.78 is 30.1. The van der Waals surface area contributed by atoms with E-state index in [0.29, 0.717) is 10.9 Å². The van der Waals surface area contributed by atoms with E-state index in [0.717, 1.165) is 22.0 Å². The van der Waals surface area contributed by atoms with Gasteiger partial charge in [-0.25, -0.2) is 9.97 Å². The van der Waals surface area contributed by atoms with Crippen LogP contribution in [0.1, 0.15) is 27.3 Å². The molecular formula is C26H20F2N2O2S. The highest BCUT2D eigenvalue weighted by Gasteiger charge is 2.17. The number of benzene rings is 3. The maximum Gasteiger partial charge on any atom is 0.387 e. The normalized spacial score (nSPS) is 11.4. The molecule has 4 rings (SSSR count). The van der Waals surface area contributed by atoms with Crippen molar-refractivity contribution < 1.29 is 18.3 Å². The van der Waals surface area contributed by atoms with Crippen LogP contribution in [0.3, 0.4) is 0 Å². The zero-order valence-electron chi connectivity index (χ0n) is 17.7. The first-order valence-electron chi connectivity index (χ1n) is 10.2. The highest BCUT2D eigenvalue weighted by molar-refractivity contribution is 8.00. The molecule has 1 heterocycles. The molecular weight excluding hydrogens is 442 g/mol. The van der Waals surface area contributed by atoms with Crippen molar-refractivity contribution in [2.24, 2.45) is 0 Å². The van der Waals surface area contributed by atoms with E-state index in [2.05, 4.69) is 14.7 Å². The molecule has 33 heavy (non-hydrogen) atoms. The molecule has 0 spiro atoms. The van der Waals surface area contributed by atoms with Crippen LogP contribution in [0.15, 0.2) is 77.8 Å². The quantitative estimate of drug-likeness (QED) is 0.166. The summed E-state index contributed by atoms with van der Waals surface area (Å²) >= 11 is 1.24. The summed E-state index contributed by atoms with van der Waals surface area (Å²) in [5, 5.41) is 1.46. The maximum absolute atomic E-state index is 12.9. The molecule has 4 nitrogen and oxygen atoms in total. The van der Waals surface area contributed by atoms with Crippen molar-refractivity contribution in [2.45, 2.75) is 18.6 Å². The molecule has 0 atom stereocenters. The maximum atomic E-state index is 12.9. The van der Waals surface area contributed by atoms with Gasteiger partial charge in [0.05, 0.1) is 16.8 Å². The second kappa shape index (κ2) is 10.4. The van der Waals surface area contributed by atoms with E-state index in [-0.39, 0.29) is 22.8 Å². The molecule has 0 amide bonds. The molecule has 1 aromatic heterocycles. The Hall–Kier alpha value is -3.58. The monoisotopic (exact) mass is 462 g/mol. The summed E-state index contributed by atoms with van der Waals surface area (Å²) in [6.45, 7) is -1.21. The molecule has 0 aliphatic carbocycles. The van der Waals surface area contributed by atoms with Gasteiger partial charge in [-0.15, -0.1) is 0 Å². The summed E-state index contributed by atoms with van der Waals surface area (Å²) in [7, 11) is 0. The van der Waals surface area contributed by atoms with Crippen molar-refractivity contribution in [1.82, 2.24) is 9.97 Å². The number of Topliss-reactive ketones (excluding diaryl/α,β-unsaturated/α-hetero) is 1. The highest BCUT2D eigenvalue weighted by atomic mass is 32.2. The van der Waals surface area contributed by atoms with E-state index >= 15 is 0 Å². The lowest BCUT2D eigenvalue weighted by atomic mass is 10.1. The SMILES string of the molecule is Cc1ccc(OC(F)F)c(C(=O)CSc2nc(/C=C/c3ccccc3)nc3ccccc23)c1. The zero-order chi connectivity index (χ0) is 23.2. The van der Waals surface area contributed by atoms with Gasteiger partial charge in [0.25, 0.3) is 0 Å². The van der Waals surface area contributed by atoms with E-state index in [1.165, 1.54) is 17.8 Å². The number of aryl methyl sites for hydroxylation is 1. The molecule has 0 aliphatic rings. The number of fused-ring (bicyclic) bond motifs is 1. The van der Waals surface area contributed by atoms with E-state index in [1.807, 2.05) is 66.7 Å². The third kappa shape index (κ3) is 5.81. The Morgan fingerprint density at radius 2 is 1.76 bits per heavy atom. The van der Waals surface area contributed by atoms with E-state index < -0.39 is 6.61 Å². The van der Waals surface area contributed by atoms with Crippen LogP contribution in [0.4, 0.5) is 8.78 Å². The summed E-state index contributed by atoms with van der Waals surface area (Å²) in [6.07, 6.45) is 3.74. The van der Waals surface area contributed by atoms with E-state index in [9.17, 15) is 13.6 Å². The van der Waals surface area contributed by atoms with Crippen LogP contribution in [0, 0.1) is 6.92 Å². The lowest BCUT2D eigenvalue weighted by molar-refractivity contribution is -0.0501. The average Bonchev–Trinajstić information content (AvgIpc) is 2.82. The van der Waals surface area contributed by atoms with Crippen LogP contribution in [-0.2, 0) is 0 Å². The standard InChI is InChI=1S/C26H20F2N2O2S/c1-17-11-13-23(32-26(27)28)20(15-17)22(31)16-33-25-19-9-5-6-10-21(19)29-24(30-25)14-12-18-7-3-2-4-8-18/h2-15,26H,16H2,1H3/b14-12+. The summed E-state index contributed by atoms with van der Waals surface area (Å²) in [5.41, 5.74) is 2.69. The second-order valence-electron chi connectivity index (χ2n) is 7.24. The third-order valence-corrected chi connectivity index (χ3v) is 5.79. The van der Waals surface area contributed by atoms with Crippen molar-refractivity contribution in [2.75, 3.05) is 5.75 Å². The Labute approximate surface area is 194 Å². The fourth-order valence-corrected chi connectivity index (χ4v) is 4.17. The fourth-order valence-electron chi connectivity index (χ4n) is 3.26. The molecule has 0 saturated heterocycles. The number of hydrogen-bond donors (Lipinski definition) is 0. The third-order valence-electron chi connectivity index (χ3n) is 4.80. The van der Waals surface area contributed by atoms with Gasteiger partial charge in [-0.1, -0.05) is 78.0 Å². The molecule has 0 aliphatic heterocycles. The Morgan fingerprint density at radius 1 is 1.00 bits per heavy atom. The van der Waals surface area contributed by atoms with Crippen LogP contribution in [0.5, 0.6) is 5.75 Å². The number of aromatic nitrogens is 2. The topological polar surface area (TPSA) is 52.1 Å². The minimum atomic E-state index is -3.00. The molecule has 0 fully saturated rings. The van der Waals surface area contributed by atoms with E-state index in [1.54, 1.807) is 19.1 Å². The Kier molecular flexibility index (Phi) is 7.10. The largest absolute Gasteiger partial charge is 0.434 e. The van der Waals surface area contributed by atoms with Gasteiger partial charge in [-0.3, -0.25) is 4.79 Å². The van der Waals surface area contributed by atoms with Crippen LogP contribution in [-0.4, -0.2) is 28.1 Å². The number of carbonyl (C=O) groups excluding carboxylic acids is 1. The molecule has 0 N–H and O–H groups in total. The molecule has 0 bridgehead atoms. The van der Waals surface area contributed by atoms with Gasteiger partial charge in [0.15, 0.2) is 11.6 Å². The summed E-state index contributed by atoms with van der Waals surface area (Å²) in [4.78, 5) is 22.1. The number of alkyl halides is 2. The van der Waals surface area contributed by atoms with Gasteiger partial charge in [-0.2, -0.15) is 8.78 Å². The number of carbonyl (C=O) groups is 1. The number of thioether (sulfide) groups is 1. The summed E-state index contributed by atoms with van der Waals surface area (Å²) in [5.74, 6) is 0.0970. The molecule has 0 radical (unpaired) electrons. The van der Waals surface area contributed by atoms with E-state index in [4.69, 9.17) is 0 Å². The number of ketones is 1. The second-order valence-corrected chi connectivity index (χ2v) is 8.20. The van der Waals surface area contributed by atoms with Gasteiger partial charge >= 0.3 is 6.61 Å². The Balaban J connectivity index is 1.60. The first-order chi connectivity index (χ1) is 16.0. The lowest BCUT2D eigenvalue weighted by Crippen LogP contribution is -2.10. The van der Waals surface area contributed by atoms with Crippen LogP contribution in [0.25, 0.3) is 23.1 Å². The first-order valence-corrected chi connectivity index (χ1v) is 11.2. The number of halogens is 2. The Bertz CT molecular complexity index is 1310. The minimum Gasteiger partial charge on any atom is -0.434 e. The van der Waals surface area contributed by atoms with Crippen molar-refractivity contribution in [3.8, 4) is 5.75 Å². The van der Waals surface area contributed by atoms with Gasteiger partial charge in [0.2, 0.25) is 0 Å². The predicted molar refractivity (Wildman–Crippen MR) is 128 cm³/mol. The van der Waals surface area contributed by atoms with Gasteiger partial charge in [-0.05, 0) is 36.8 Å². The number of hydrogen-bond acceptors (Lipinski definition) is 5. The number of nitrogens with zero attached hydrogens (tertiary/aromatic N) is 2. The predicted octanol–water partition coefficient (Wildman–Crippen LogP) is 6.69. The average molecular weight is 463 g/mol. The van der Waals surface area contributed by atoms with Gasteiger partial charge < -0.3 is 4.74 Å². The fraction of sp³-hybridized carbons (Fsp3) is 0.115.